The summed E-state index contributed by atoms with van der Waals surface area (Å²) < 4.78 is 42.0. The van der Waals surface area contributed by atoms with E-state index in [-0.39, 0.29) is 30.1 Å². The molecule has 1 unspecified atom stereocenters. The highest BCUT2D eigenvalue weighted by Gasteiger charge is 2.46. The molecule has 1 aliphatic rings. The molecule has 1 fully saturated rings. The Morgan fingerprint density at radius 1 is 1.28 bits per heavy atom. The van der Waals surface area contributed by atoms with Gasteiger partial charge in [0.2, 0.25) is 0 Å². The number of hydrogen-bond acceptors (Lipinski definition) is 7. The van der Waals surface area contributed by atoms with Crippen molar-refractivity contribution in [2.45, 2.75) is 83.1 Å². The van der Waals surface area contributed by atoms with Gasteiger partial charge in [0.1, 0.15) is 11.3 Å². The van der Waals surface area contributed by atoms with Crippen molar-refractivity contribution in [2.24, 2.45) is 5.92 Å². The monoisotopic (exact) mass is 471 g/mol. The zero-order valence-electron chi connectivity index (χ0n) is 20.0. The number of hydrogen-bond donors (Lipinski definition) is 1. The Bertz CT molecular complexity index is 859. The Morgan fingerprint density at radius 2 is 1.91 bits per heavy atom. The number of carbonyl (C=O) groups is 1. The van der Waals surface area contributed by atoms with Crippen LogP contribution in [-0.2, 0) is 23.8 Å². The van der Waals surface area contributed by atoms with Crippen LogP contribution in [-0.4, -0.2) is 61.7 Å². The number of ether oxygens (including phenoxy) is 2. The minimum absolute atomic E-state index is 0.0103. The van der Waals surface area contributed by atoms with Gasteiger partial charge < -0.3 is 14.6 Å². The standard InChI is InChI=1S/C23H37NO7S/c1-17-9-11-20(12-10-17)32(27,28)30-15-18(8-7-13-25)14-19-16-29-23(5,6)24(19)21(26)31-22(2,3)4/h9-12,18-19,25H,7-8,13-16H2,1-6H3/t18-,19?/m1/s1. The first kappa shape index (κ1) is 26.6. The van der Waals surface area contributed by atoms with E-state index in [9.17, 15) is 18.3 Å². The van der Waals surface area contributed by atoms with Gasteiger partial charge in [-0.15, -0.1) is 0 Å². The lowest BCUT2D eigenvalue weighted by molar-refractivity contribution is -0.0633. The number of carbonyl (C=O) groups excluding carboxylic acids is 1. The Labute approximate surface area is 192 Å². The van der Waals surface area contributed by atoms with Crippen molar-refractivity contribution >= 4 is 16.2 Å². The van der Waals surface area contributed by atoms with E-state index in [0.717, 1.165) is 5.56 Å². The molecule has 182 valence electrons. The van der Waals surface area contributed by atoms with Gasteiger partial charge in [0.15, 0.2) is 0 Å². The molecule has 1 aliphatic heterocycles. The smallest absolute Gasteiger partial charge is 0.412 e. The zero-order chi connectivity index (χ0) is 24.2. The van der Waals surface area contributed by atoms with Gasteiger partial charge in [-0.3, -0.25) is 9.08 Å². The van der Waals surface area contributed by atoms with Gasteiger partial charge in [-0.25, -0.2) is 4.79 Å². The predicted molar refractivity (Wildman–Crippen MR) is 121 cm³/mol. The molecule has 1 heterocycles. The zero-order valence-corrected chi connectivity index (χ0v) is 20.8. The maximum atomic E-state index is 12.9. The Hall–Kier alpha value is -1.68. The number of aryl methyl sites for hydroxylation is 1. The van der Waals surface area contributed by atoms with Crippen LogP contribution in [0, 0.1) is 12.8 Å². The second-order valence-electron chi connectivity index (χ2n) is 9.78. The summed E-state index contributed by atoms with van der Waals surface area (Å²) in [4.78, 5) is 14.6. The molecule has 1 amide bonds. The van der Waals surface area contributed by atoms with E-state index in [1.807, 2.05) is 6.92 Å². The third-order valence-corrected chi connectivity index (χ3v) is 6.60. The summed E-state index contributed by atoms with van der Waals surface area (Å²) >= 11 is 0. The molecule has 0 spiro atoms. The van der Waals surface area contributed by atoms with Crippen LogP contribution in [0.1, 0.15) is 59.4 Å². The van der Waals surface area contributed by atoms with E-state index in [4.69, 9.17) is 13.7 Å². The lowest BCUT2D eigenvalue weighted by Gasteiger charge is -2.36. The lowest BCUT2D eigenvalue weighted by Crippen LogP contribution is -2.50. The van der Waals surface area contributed by atoms with Crippen molar-refractivity contribution in [3.63, 3.8) is 0 Å². The van der Waals surface area contributed by atoms with Gasteiger partial charge in [-0.2, -0.15) is 8.42 Å². The predicted octanol–water partition coefficient (Wildman–Crippen LogP) is 3.85. The lowest BCUT2D eigenvalue weighted by atomic mass is 9.95. The van der Waals surface area contributed by atoms with Crippen LogP contribution < -0.4 is 0 Å². The molecule has 1 aromatic carbocycles. The summed E-state index contributed by atoms with van der Waals surface area (Å²) in [6.07, 6.45) is 1.05. The molecular formula is C23H37NO7S. The highest BCUT2D eigenvalue weighted by molar-refractivity contribution is 7.86. The molecule has 0 bridgehead atoms. The quantitative estimate of drug-likeness (QED) is 0.546. The van der Waals surface area contributed by atoms with E-state index < -0.39 is 27.5 Å². The van der Waals surface area contributed by atoms with Crippen molar-refractivity contribution in [1.82, 2.24) is 4.90 Å². The fraction of sp³-hybridized carbons (Fsp3) is 0.696. The van der Waals surface area contributed by atoms with E-state index in [1.165, 1.54) is 12.1 Å². The molecule has 0 aliphatic carbocycles. The van der Waals surface area contributed by atoms with Gasteiger partial charge >= 0.3 is 6.09 Å². The van der Waals surface area contributed by atoms with Crippen LogP contribution >= 0.6 is 0 Å². The Balaban J connectivity index is 2.12. The molecule has 1 saturated heterocycles. The molecule has 9 heteroatoms. The number of rotatable bonds is 9. The van der Waals surface area contributed by atoms with Crippen LogP contribution in [0.3, 0.4) is 0 Å². The first-order chi connectivity index (χ1) is 14.7. The van der Waals surface area contributed by atoms with Gasteiger partial charge in [0.05, 0.1) is 24.2 Å². The first-order valence-corrected chi connectivity index (χ1v) is 12.4. The van der Waals surface area contributed by atoms with Gasteiger partial charge in [0, 0.05) is 6.61 Å². The van der Waals surface area contributed by atoms with E-state index in [0.29, 0.717) is 25.9 Å². The number of benzene rings is 1. The van der Waals surface area contributed by atoms with Crippen LogP contribution in [0.4, 0.5) is 4.79 Å². The second-order valence-corrected chi connectivity index (χ2v) is 11.4. The van der Waals surface area contributed by atoms with Gasteiger partial charge in [0.25, 0.3) is 10.1 Å². The number of aliphatic hydroxyl groups is 1. The second kappa shape index (κ2) is 10.5. The fourth-order valence-corrected chi connectivity index (χ4v) is 4.71. The Morgan fingerprint density at radius 3 is 2.47 bits per heavy atom. The average Bonchev–Trinajstić information content (AvgIpc) is 2.97. The highest BCUT2D eigenvalue weighted by atomic mass is 32.2. The Kier molecular flexibility index (Phi) is 8.72. The van der Waals surface area contributed by atoms with Crippen LogP contribution in [0.2, 0.25) is 0 Å². The first-order valence-electron chi connectivity index (χ1n) is 11.0. The molecule has 1 aromatic rings. The number of aliphatic hydroxyl groups excluding tert-OH is 1. The van der Waals surface area contributed by atoms with Crippen molar-refractivity contribution in [3.8, 4) is 0 Å². The average molecular weight is 472 g/mol. The normalized spacial score (nSPS) is 19.7. The molecule has 2 rings (SSSR count). The molecule has 0 radical (unpaired) electrons. The molecule has 32 heavy (non-hydrogen) atoms. The van der Waals surface area contributed by atoms with E-state index in [1.54, 1.807) is 51.7 Å². The fourth-order valence-electron chi connectivity index (χ4n) is 3.73. The maximum absolute atomic E-state index is 12.9. The van der Waals surface area contributed by atoms with Crippen LogP contribution in [0.15, 0.2) is 29.2 Å². The SMILES string of the molecule is Cc1ccc(S(=O)(=O)OC[C@H](CCCO)CC2COC(C)(C)N2C(=O)OC(C)(C)C)cc1. The molecular weight excluding hydrogens is 434 g/mol. The number of nitrogens with zero attached hydrogens (tertiary/aromatic N) is 1. The third kappa shape index (κ3) is 7.43. The molecule has 0 saturated carbocycles. The summed E-state index contributed by atoms with van der Waals surface area (Å²) in [7, 11) is -3.91. The minimum atomic E-state index is -3.91. The molecule has 8 nitrogen and oxygen atoms in total. The highest BCUT2D eigenvalue weighted by Crippen LogP contribution is 2.33. The number of amides is 1. The molecule has 2 atom stereocenters. The summed E-state index contributed by atoms with van der Waals surface area (Å²) in [5, 5.41) is 9.29. The molecule has 1 N–H and O–H groups in total. The van der Waals surface area contributed by atoms with E-state index >= 15 is 0 Å². The maximum Gasteiger partial charge on any atom is 0.412 e. The third-order valence-electron chi connectivity index (χ3n) is 5.31. The largest absolute Gasteiger partial charge is 0.444 e. The van der Waals surface area contributed by atoms with Crippen LogP contribution in [0.25, 0.3) is 0 Å². The minimum Gasteiger partial charge on any atom is -0.444 e. The van der Waals surface area contributed by atoms with Gasteiger partial charge in [-0.05, 0) is 78.9 Å². The summed E-state index contributed by atoms with van der Waals surface area (Å²) in [5.74, 6) is -0.199. The van der Waals surface area contributed by atoms with Crippen molar-refractivity contribution in [1.29, 1.82) is 0 Å². The van der Waals surface area contributed by atoms with Gasteiger partial charge in [-0.1, -0.05) is 17.7 Å². The summed E-state index contributed by atoms with van der Waals surface area (Å²) in [5.41, 5.74) is -0.540. The summed E-state index contributed by atoms with van der Waals surface area (Å²) in [6.45, 7) is 11.2. The molecule has 0 aromatic heterocycles. The van der Waals surface area contributed by atoms with Crippen LogP contribution in [0.5, 0.6) is 0 Å². The van der Waals surface area contributed by atoms with Crippen molar-refractivity contribution < 1.29 is 32.0 Å². The topological polar surface area (TPSA) is 102 Å². The van der Waals surface area contributed by atoms with Crippen molar-refractivity contribution in [2.75, 3.05) is 19.8 Å². The van der Waals surface area contributed by atoms with E-state index in [2.05, 4.69) is 0 Å². The summed E-state index contributed by atoms with van der Waals surface area (Å²) in [6, 6.07) is 6.18. The van der Waals surface area contributed by atoms with Crippen molar-refractivity contribution in [3.05, 3.63) is 29.8 Å².